The molecule has 0 fully saturated rings. The Balaban J connectivity index is 2.33. The van der Waals surface area contributed by atoms with Crippen LogP contribution in [0, 0.1) is 0 Å². The molecule has 1 aromatic rings. The molecule has 1 aromatic carbocycles. The number of ether oxygens (including phenoxy) is 1. The van der Waals surface area contributed by atoms with Crippen LogP contribution in [0.15, 0.2) is 30.3 Å². The van der Waals surface area contributed by atoms with Gasteiger partial charge in [-0.2, -0.15) is 0 Å². The predicted molar refractivity (Wildman–Crippen MR) is 72.0 cm³/mol. The number of carbonyl (C=O) groups excluding carboxylic acids is 1. The van der Waals surface area contributed by atoms with E-state index in [0.29, 0.717) is 6.54 Å². The molecule has 0 aromatic heterocycles. The Kier molecular flexibility index (Phi) is 4.73. The molecule has 0 bridgehead atoms. The van der Waals surface area contributed by atoms with Crippen LogP contribution in [0.2, 0.25) is 0 Å². The molecule has 0 unspecified atom stereocenters. The minimum atomic E-state index is -0.713. The van der Waals surface area contributed by atoms with E-state index in [4.69, 9.17) is 11.8 Å². The molecule has 1 atom stereocenters. The van der Waals surface area contributed by atoms with E-state index < -0.39 is 11.6 Å². The third-order valence-electron chi connectivity index (χ3n) is 2.30. The summed E-state index contributed by atoms with van der Waals surface area (Å²) in [5.41, 5.74) is 6.20. The van der Waals surface area contributed by atoms with E-state index in [0.717, 1.165) is 5.56 Å². The maximum absolute atomic E-state index is 11.8. The first kappa shape index (κ1) is 13.1. The molecular formula is C14H22N2O2. The zero-order valence-electron chi connectivity index (χ0n) is 12.0. The molecule has 0 heterocycles. The summed E-state index contributed by atoms with van der Waals surface area (Å²) in [6.45, 7) is 4.30. The molecule has 100 valence electrons. The van der Waals surface area contributed by atoms with Gasteiger partial charge < -0.3 is 15.8 Å². The summed E-state index contributed by atoms with van der Waals surface area (Å²) in [5.74, 6) is -0.246. The molecule has 0 saturated carbocycles. The Morgan fingerprint density at radius 2 is 2.17 bits per heavy atom. The van der Waals surface area contributed by atoms with E-state index in [9.17, 15) is 4.79 Å². The Morgan fingerprint density at radius 1 is 1.50 bits per heavy atom. The minimum Gasteiger partial charge on any atom is -0.374 e. The zero-order chi connectivity index (χ0) is 14.3. The van der Waals surface area contributed by atoms with Crippen molar-refractivity contribution in [3.63, 3.8) is 0 Å². The van der Waals surface area contributed by atoms with Crippen molar-refractivity contribution in [1.29, 1.82) is 0 Å². The molecule has 1 rings (SSSR count). The van der Waals surface area contributed by atoms with Gasteiger partial charge in [0.1, 0.15) is 6.04 Å². The lowest BCUT2D eigenvalue weighted by atomic mass is 10.2. The highest BCUT2D eigenvalue weighted by Crippen LogP contribution is 2.06. The second-order valence-electron chi connectivity index (χ2n) is 4.88. The first-order valence-corrected chi connectivity index (χ1v) is 5.95. The summed E-state index contributed by atoms with van der Waals surface area (Å²) in [4.78, 5) is 11.8. The summed E-state index contributed by atoms with van der Waals surface area (Å²) in [5, 5.41) is 2.76. The van der Waals surface area contributed by atoms with E-state index in [1.807, 2.05) is 30.3 Å². The summed E-state index contributed by atoms with van der Waals surface area (Å²) < 4.78 is 12.7. The van der Waals surface area contributed by atoms with Gasteiger partial charge in [-0.25, -0.2) is 0 Å². The van der Waals surface area contributed by atoms with Gasteiger partial charge in [-0.05, 0) is 26.3 Å². The molecule has 0 spiro atoms. The average Bonchev–Trinajstić information content (AvgIpc) is 2.43. The number of nitrogens with one attached hydrogen (secondary N) is 1. The lowest BCUT2D eigenvalue weighted by molar-refractivity contribution is -0.125. The van der Waals surface area contributed by atoms with Gasteiger partial charge in [0.25, 0.3) is 0 Å². The lowest BCUT2D eigenvalue weighted by Gasteiger charge is -2.22. The Bertz CT molecular complexity index is 396. The molecule has 4 heteroatoms. The van der Waals surface area contributed by atoms with Crippen molar-refractivity contribution in [3.05, 3.63) is 35.9 Å². The van der Waals surface area contributed by atoms with Gasteiger partial charge in [-0.1, -0.05) is 30.3 Å². The van der Waals surface area contributed by atoms with Gasteiger partial charge in [0.15, 0.2) is 0 Å². The van der Waals surface area contributed by atoms with Crippen LogP contribution < -0.4 is 11.1 Å². The van der Waals surface area contributed by atoms with Crippen LogP contribution in [0.4, 0.5) is 0 Å². The molecule has 1 amide bonds. The van der Waals surface area contributed by atoms with Crippen molar-refractivity contribution < 1.29 is 10.9 Å². The molecule has 4 nitrogen and oxygen atoms in total. The van der Waals surface area contributed by atoms with E-state index in [2.05, 4.69) is 5.32 Å². The highest BCUT2D eigenvalue weighted by molar-refractivity contribution is 5.81. The third-order valence-corrected chi connectivity index (χ3v) is 2.30. The molecule has 3 N–H and O–H groups in total. The fourth-order valence-electron chi connectivity index (χ4n) is 1.31. The van der Waals surface area contributed by atoms with Crippen LogP contribution in [-0.2, 0) is 16.1 Å². The zero-order valence-corrected chi connectivity index (χ0v) is 11.0. The summed E-state index contributed by atoms with van der Waals surface area (Å²) in [6, 6.07) is 8.92. The third kappa shape index (κ3) is 5.80. The van der Waals surface area contributed by atoms with Gasteiger partial charge in [-0.3, -0.25) is 4.79 Å². The number of benzene rings is 1. The van der Waals surface area contributed by atoms with E-state index in [1.165, 1.54) is 0 Å². The molecule has 0 aliphatic rings. The number of rotatable bonds is 5. The quantitative estimate of drug-likeness (QED) is 0.832. The van der Waals surface area contributed by atoms with Crippen LogP contribution in [-0.4, -0.2) is 24.2 Å². The maximum atomic E-state index is 11.8. The topological polar surface area (TPSA) is 64.3 Å². The van der Waals surface area contributed by atoms with Crippen molar-refractivity contribution in [2.24, 2.45) is 5.73 Å². The fraction of sp³-hybridized carbons (Fsp3) is 0.500. The highest BCUT2D eigenvalue weighted by atomic mass is 16.5. The van der Waals surface area contributed by atoms with Crippen LogP contribution in [0.1, 0.15) is 27.7 Å². The number of nitrogens with two attached hydrogens (primary N) is 1. The van der Waals surface area contributed by atoms with Gasteiger partial charge in [0, 0.05) is 7.92 Å². The average molecular weight is 251 g/mol. The van der Waals surface area contributed by atoms with E-state index >= 15 is 0 Å². The van der Waals surface area contributed by atoms with Crippen LogP contribution in [0.5, 0.6) is 0 Å². The van der Waals surface area contributed by atoms with E-state index in [-0.39, 0.29) is 19.4 Å². The van der Waals surface area contributed by atoms with Crippen LogP contribution >= 0.6 is 0 Å². The SMILES string of the molecule is [2H]CC(C)(C)OC[C@H](N)C(=O)NCc1ccccc1. The Morgan fingerprint density at radius 3 is 2.78 bits per heavy atom. The van der Waals surface area contributed by atoms with Gasteiger partial charge >= 0.3 is 0 Å². The molecule has 0 saturated heterocycles. The first-order valence-electron chi connectivity index (χ1n) is 6.66. The number of carbonyl (C=O) groups is 1. The van der Waals surface area contributed by atoms with Gasteiger partial charge in [-0.15, -0.1) is 0 Å². The normalized spacial score (nSPS) is 13.8. The number of amides is 1. The Hall–Kier alpha value is -1.39. The molecule has 0 aliphatic carbocycles. The molecular weight excluding hydrogens is 228 g/mol. The first-order chi connectivity index (χ1) is 8.94. The molecule has 0 aliphatic heterocycles. The number of hydrogen-bond donors (Lipinski definition) is 2. The van der Waals surface area contributed by atoms with Crippen molar-refractivity contribution >= 4 is 5.91 Å². The monoisotopic (exact) mass is 251 g/mol. The van der Waals surface area contributed by atoms with Gasteiger partial charge in [0.05, 0.1) is 12.2 Å². The minimum absolute atomic E-state index is 0.118. The number of hydrogen-bond acceptors (Lipinski definition) is 3. The second kappa shape index (κ2) is 6.52. The van der Waals surface area contributed by atoms with Crippen LogP contribution in [0.25, 0.3) is 0 Å². The largest absolute Gasteiger partial charge is 0.374 e. The lowest BCUT2D eigenvalue weighted by Crippen LogP contribution is -2.44. The smallest absolute Gasteiger partial charge is 0.239 e. The summed E-state index contributed by atoms with van der Waals surface area (Å²) in [6.07, 6.45) is 0. The second-order valence-corrected chi connectivity index (χ2v) is 4.88. The standard InChI is InChI=1S/C14H22N2O2/c1-14(2,3)18-10-12(15)13(17)16-9-11-7-5-4-6-8-11/h4-8,12H,9-10,15H2,1-3H3,(H,16,17)/t12-/m0/s1/i1D. The molecule has 0 radical (unpaired) electrons. The van der Waals surface area contributed by atoms with Crippen molar-refractivity contribution in [2.45, 2.75) is 38.9 Å². The van der Waals surface area contributed by atoms with E-state index in [1.54, 1.807) is 13.8 Å². The van der Waals surface area contributed by atoms with Crippen molar-refractivity contribution in [1.82, 2.24) is 5.32 Å². The van der Waals surface area contributed by atoms with Gasteiger partial charge in [0.2, 0.25) is 5.91 Å². The predicted octanol–water partition coefficient (Wildman–Crippen LogP) is 1.45. The van der Waals surface area contributed by atoms with Crippen LogP contribution in [0.3, 0.4) is 0 Å². The molecule has 18 heavy (non-hydrogen) atoms. The summed E-state index contributed by atoms with van der Waals surface area (Å²) >= 11 is 0. The van der Waals surface area contributed by atoms with Crippen molar-refractivity contribution in [3.8, 4) is 0 Å². The maximum Gasteiger partial charge on any atom is 0.239 e. The summed E-state index contributed by atoms with van der Waals surface area (Å²) in [7, 11) is 0. The fourth-order valence-corrected chi connectivity index (χ4v) is 1.31. The van der Waals surface area contributed by atoms with Crippen molar-refractivity contribution in [2.75, 3.05) is 6.61 Å². The Labute approximate surface area is 110 Å². The highest BCUT2D eigenvalue weighted by Gasteiger charge is 2.17.